The average Bonchev–Trinajstić information content (AvgIpc) is 1.97. The molecule has 0 amide bonds. The molecule has 0 aliphatic heterocycles. The van der Waals surface area contributed by atoms with Crippen LogP contribution in [-0.4, -0.2) is 20.8 Å². The van der Waals surface area contributed by atoms with Crippen LogP contribution in [0.3, 0.4) is 0 Å². The van der Waals surface area contributed by atoms with Crippen molar-refractivity contribution in [3.8, 4) is 0 Å². The predicted molar refractivity (Wildman–Crippen MR) is 53.8 cm³/mol. The molecule has 11 heavy (non-hydrogen) atoms. The van der Waals surface area contributed by atoms with Crippen LogP contribution >= 0.6 is 11.6 Å². The second-order valence-corrected chi connectivity index (χ2v) is 7.84. The van der Waals surface area contributed by atoms with Crippen molar-refractivity contribution in [3.63, 3.8) is 0 Å². The molecule has 3 heteroatoms. The van der Waals surface area contributed by atoms with Crippen LogP contribution in [0.5, 0.6) is 0 Å². The lowest BCUT2D eigenvalue weighted by Gasteiger charge is -2.21. The van der Waals surface area contributed by atoms with Gasteiger partial charge in [-0.05, 0) is 25.6 Å². The smallest absolute Gasteiger partial charge is 0.187 e. The van der Waals surface area contributed by atoms with E-state index in [4.69, 9.17) is 16.0 Å². The number of halogens is 1. The topological polar surface area (TPSA) is 9.23 Å². The minimum absolute atomic E-state index is 0.682. The fourth-order valence-corrected chi connectivity index (χ4v) is 2.95. The molecular weight excluding hydrogens is 176 g/mol. The molecule has 0 aromatic rings. The summed E-state index contributed by atoms with van der Waals surface area (Å²) >= 11 is 5.59. The van der Waals surface area contributed by atoms with E-state index in [1.165, 1.54) is 0 Å². The summed E-state index contributed by atoms with van der Waals surface area (Å²) in [4.78, 5) is 0. The standard InChI is InChI=1S/C8H17ClOSi/c1-4-7-10-11(2,3)8-5-6-9/h4H,1,5-8H2,2-3H3. The van der Waals surface area contributed by atoms with Crippen LogP contribution in [0.2, 0.25) is 19.1 Å². The van der Waals surface area contributed by atoms with Gasteiger partial charge in [0.15, 0.2) is 8.32 Å². The summed E-state index contributed by atoms with van der Waals surface area (Å²) in [5, 5.41) is 0. The van der Waals surface area contributed by atoms with Crippen molar-refractivity contribution < 1.29 is 4.43 Å². The highest BCUT2D eigenvalue weighted by Gasteiger charge is 2.20. The average molecular weight is 193 g/mol. The first-order valence-electron chi connectivity index (χ1n) is 3.93. The van der Waals surface area contributed by atoms with E-state index in [1.54, 1.807) is 6.08 Å². The molecule has 0 aromatic heterocycles. The molecule has 0 saturated carbocycles. The van der Waals surface area contributed by atoms with Crippen molar-refractivity contribution in [1.29, 1.82) is 0 Å². The van der Waals surface area contributed by atoms with Crippen molar-refractivity contribution in [3.05, 3.63) is 12.7 Å². The van der Waals surface area contributed by atoms with Gasteiger partial charge in [0, 0.05) is 5.88 Å². The molecule has 0 heterocycles. The zero-order chi connectivity index (χ0) is 8.74. The summed E-state index contributed by atoms with van der Waals surface area (Å²) in [6.07, 6.45) is 2.87. The van der Waals surface area contributed by atoms with Crippen molar-refractivity contribution >= 4 is 19.9 Å². The SMILES string of the molecule is C=CCO[Si](C)(C)CCCCl. The summed E-state index contributed by atoms with van der Waals surface area (Å²) in [7, 11) is -1.40. The van der Waals surface area contributed by atoms with E-state index in [1.807, 2.05) is 0 Å². The van der Waals surface area contributed by atoms with Gasteiger partial charge in [-0.15, -0.1) is 18.2 Å². The minimum Gasteiger partial charge on any atom is -0.414 e. The van der Waals surface area contributed by atoms with Crippen LogP contribution in [0, 0.1) is 0 Å². The van der Waals surface area contributed by atoms with E-state index >= 15 is 0 Å². The normalized spacial score (nSPS) is 11.5. The zero-order valence-corrected chi connectivity index (χ0v) is 9.16. The summed E-state index contributed by atoms with van der Waals surface area (Å²) < 4.78 is 5.64. The van der Waals surface area contributed by atoms with Crippen LogP contribution in [0.4, 0.5) is 0 Å². The first-order chi connectivity index (χ1) is 5.12. The summed E-state index contributed by atoms with van der Waals surface area (Å²) in [5.41, 5.74) is 0. The van der Waals surface area contributed by atoms with E-state index in [0.29, 0.717) is 6.61 Å². The van der Waals surface area contributed by atoms with Gasteiger partial charge < -0.3 is 4.43 Å². The quantitative estimate of drug-likeness (QED) is 0.357. The zero-order valence-electron chi connectivity index (χ0n) is 7.40. The van der Waals surface area contributed by atoms with Gasteiger partial charge in [-0.2, -0.15) is 0 Å². The van der Waals surface area contributed by atoms with Crippen LogP contribution in [0.1, 0.15) is 6.42 Å². The molecule has 0 fully saturated rings. The van der Waals surface area contributed by atoms with Gasteiger partial charge in [-0.25, -0.2) is 0 Å². The van der Waals surface area contributed by atoms with Gasteiger partial charge in [-0.3, -0.25) is 0 Å². The van der Waals surface area contributed by atoms with E-state index < -0.39 is 8.32 Å². The third-order valence-corrected chi connectivity index (χ3v) is 4.28. The molecule has 0 aromatic carbocycles. The van der Waals surface area contributed by atoms with Crippen LogP contribution < -0.4 is 0 Å². The monoisotopic (exact) mass is 192 g/mol. The molecule has 0 bridgehead atoms. The molecule has 0 aliphatic carbocycles. The lowest BCUT2D eigenvalue weighted by molar-refractivity contribution is 0.351. The Hall–Kier alpha value is 0.207. The van der Waals surface area contributed by atoms with E-state index in [9.17, 15) is 0 Å². The number of rotatable bonds is 6. The lowest BCUT2D eigenvalue weighted by Crippen LogP contribution is -2.30. The summed E-state index contributed by atoms with van der Waals surface area (Å²) in [5.74, 6) is 0.744. The highest BCUT2D eigenvalue weighted by molar-refractivity contribution is 6.71. The maximum Gasteiger partial charge on any atom is 0.187 e. The maximum absolute atomic E-state index is 5.64. The molecular formula is C8H17ClOSi. The molecule has 0 unspecified atom stereocenters. The Kier molecular flexibility index (Phi) is 5.92. The van der Waals surface area contributed by atoms with Crippen LogP contribution in [-0.2, 0) is 4.43 Å². The molecule has 0 rings (SSSR count). The van der Waals surface area contributed by atoms with Crippen LogP contribution in [0.15, 0.2) is 12.7 Å². The van der Waals surface area contributed by atoms with E-state index in [2.05, 4.69) is 19.7 Å². The van der Waals surface area contributed by atoms with Crippen molar-refractivity contribution in [2.24, 2.45) is 0 Å². The van der Waals surface area contributed by atoms with Crippen molar-refractivity contribution in [2.75, 3.05) is 12.5 Å². The highest BCUT2D eigenvalue weighted by atomic mass is 35.5. The molecule has 0 spiro atoms. The second kappa shape index (κ2) is 5.81. The van der Waals surface area contributed by atoms with E-state index in [0.717, 1.165) is 18.3 Å². The lowest BCUT2D eigenvalue weighted by atomic mass is 10.6. The van der Waals surface area contributed by atoms with Crippen molar-refractivity contribution in [1.82, 2.24) is 0 Å². The fraction of sp³-hybridized carbons (Fsp3) is 0.750. The second-order valence-electron chi connectivity index (χ2n) is 3.15. The summed E-state index contributed by atoms with van der Waals surface area (Å²) in [6.45, 7) is 8.72. The molecule has 0 N–H and O–H groups in total. The Morgan fingerprint density at radius 1 is 1.55 bits per heavy atom. The van der Waals surface area contributed by atoms with Gasteiger partial charge >= 0.3 is 0 Å². The molecule has 1 nitrogen and oxygen atoms in total. The molecule has 66 valence electrons. The highest BCUT2D eigenvalue weighted by Crippen LogP contribution is 2.13. The molecule has 0 radical (unpaired) electrons. The minimum atomic E-state index is -1.40. The Bertz CT molecular complexity index is 115. The summed E-state index contributed by atoms with van der Waals surface area (Å²) in [6, 6.07) is 1.14. The first-order valence-corrected chi connectivity index (χ1v) is 7.58. The number of hydrogen-bond acceptors (Lipinski definition) is 1. The Labute approximate surface area is 75.5 Å². The van der Waals surface area contributed by atoms with Crippen LogP contribution in [0.25, 0.3) is 0 Å². The molecule has 0 atom stereocenters. The Morgan fingerprint density at radius 2 is 2.18 bits per heavy atom. The van der Waals surface area contributed by atoms with Gasteiger partial charge in [0.05, 0.1) is 6.61 Å². The first kappa shape index (κ1) is 11.2. The number of hydrogen-bond donors (Lipinski definition) is 0. The molecule has 0 aliphatic rings. The predicted octanol–water partition coefficient (Wildman–Crippen LogP) is 3.02. The third-order valence-electron chi connectivity index (χ3n) is 1.50. The van der Waals surface area contributed by atoms with Gasteiger partial charge in [0.1, 0.15) is 0 Å². The van der Waals surface area contributed by atoms with Crippen molar-refractivity contribution in [2.45, 2.75) is 25.6 Å². The van der Waals surface area contributed by atoms with Gasteiger partial charge in [0.25, 0.3) is 0 Å². The van der Waals surface area contributed by atoms with Gasteiger partial charge in [-0.1, -0.05) is 6.08 Å². The Morgan fingerprint density at radius 3 is 2.64 bits per heavy atom. The number of alkyl halides is 1. The van der Waals surface area contributed by atoms with Gasteiger partial charge in [0.2, 0.25) is 0 Å². The Balaban J connectivity index is 3.51. The van der Waals surface area contributed by atoms with E-state index in [-0.39, 0.29) is 0 Å². The largest absolute Gasteiger partial charge is 0.414 e. The third kappa shape index (κ3) is 6.60. The fourth-order valence-electron chi connectivity index (χ4n) is 0.849. The maximum atomic E-state index is 5.64. The molecule has 0 saturated heterocycles.